The van der Waals surface area contributed by atoms with Crippen molar-refractivity contribution in [1.82, 2.24) is 4.72 Å². The topological polar surface area (TPSA) is 83.5 Å². The Balaban J connectivity index is 3.07. The van der Waals surface area contributed by atoms with Gasteiger partial charge in [0.2, 0.25) is 10.0 Å². The zero-order valence-corrected chi connectivity index (χ0v) is 13.0. The molecule has 5 nitrogen and oxygen atoms in total. The van der Waals surface area contributed by atoms with Crippen molar-refractivity contribution < 1.29 is 18.3 Å². The fraction of sp³-hybridized carbons (Fsp3) is 0.125. The van der Waals surface area contributed by atoms with Crippen molar-refractivity contribution in [1.29, 1.82) is 0 Å². The summed E-state index contributed by atoms with van der Waals surface area (Å²) in [6.07, 6.45) is 0. The van der Waals surface area contributed by atoms with Crippen LogP contribution in [0.3, 0.4) is 0 Å². The molecule has 0 fully saturated rings. The van der Waals surface area contributed by atoms with E-state index in [2.05, 4.69) is 43.2 Å². The van der Waals surface area contributed by atoms with Crippen LogP contribution in [-0.2, 0) is 10.0 Å². The Labute approximate surface area is 119 Å². The number of thiophene rings is 1. The lowest BCUT2D eigenvalue weighted by molar-refractivity contribution is 0.0702. The number of sulfonamides is 1. The second kappa shape index (κ2) is 5.61. The van der Waals surface area contributed by atoms with Crippen LogP contribution in [0.2, 0.25) is 0 Å². The number of hydrogen-bond acceptors (Lipinski definition) is 4. The minimum atomic E-state index is -3.74. The highest BCUT2D eigenvalue weighted by Crippen LogP contribution is 2.31. The number of nitrogens with one attached hydrogen (secondary N) is 1. The van der Waals surface area contributed by atoms with Gasteiger partial charge in [0.1, 0.15) is 9.77 Å². The predicted molar refractivity (Wildman–Crippen MR) is 72.2 cm³/mol. The lowest BCUT2D eigenvalue weighted by Crippen LogP contribution is -2.24. The minimum Gasteiger partial charge on any atom is -0.477 e. The average molecular weight is 405 g/mol. The number of carboxylic acid groups (broad SMARTS) is 1. The van der Waals surface area contributed by atoms with Gasteiger partial charge in [-0.2, -0.15) is 0 Å². The Bertz CT molecular complexity index is 564. The quantitative estimate of drug-likeness (QED) is 0.789. The normalized spacial score (nSPS) is 11.4. The van der Waals surface area contributed by atoms with Crippen LogP contribution >= 0.6 is 43.2 Å². The van der Waals surface area contributed by atoms with E-state index >= 15 is 0 Å². The van der Waals surface area contributed by atoms with Crippen molar-refractivity contribution in [2.24, 2.45) is 0 Å². The van der Waals surface area contributed by atoms with Gasteiger partial charge in [0.25, 0.3) is 0 Å². The second-order valence-corrected chi connectivity index (χ2v) is 8.12. The van der Waals surface area contributed by atoms with Gasteiger partial charge in [-0.05, 0) is 22.0 Å². The van der Waals surface area contributed by atoms with E-state index in [1.54, 1.807) is 0 Å². The number of hydrogen-bond donors (Lipinski definition) is 2. The molecule has 1 heterocycles. The predicted octanol–water partition coefficient (Wildman–Crippen LogP) is 2.40. The Morgan fingerprint density at radius 2 is 2.18 bits per heavy atom. The van der Waals surface area contributed by atoms with Gasteiger partial charge in [0.15, 0.2) is 0 Å². The Kier molecular flexibility index (Phi) is 4.90. The van der Waals surface area contributed by atoms with Gasteiger partial charge in [0, 0.05) is 11.0 Å². The summed E-state index contributed by atoms with van der Waals surface area (Å²) < 4.78 is 26.6. The van der Waals surface area contributed by atoms with Crippen LogP contribution in [0, 0.1) is 0 Å². The Hall–Kier alpha value is -0.220. The van der Waals surface area contributed by atoms with E-state index in [9.17, 15) is 13.2 Å². The third kappa shape index (κ3) is 3.88. The summed E-state index contributed by atoms with van der Waals surface area (Å²) in [5, 5.41) is 8.76. The summed E-state index contributed by atoms with van der Waals surface area (Å²) in [5.74, 6) is -1.16. The molecule has 0 bridgehead atoms. The molecule has 0 saturated heterocycles. The van der Waals surface area contributed by atoms with E-state index in [4.69, 9.17) is 5.11 Å². The number of carboxylic acids is 1. The maximum Gasteiger partial charge on any atom is 0.345 e. The molecule has 2 N–H and O–H groups in total. The van der Waals surface area contributed by atoms with Crippen LogP contribution in [0.15, 0.2) is 25.8 Å². The smallest absolute Gasteiger partial charge is 0.345 e. The van der Waals surface area contributed by atoms with Crippen LogP contribution in [-0.4, -0.2) is 26.0 Å². The van der Waals surface area contributed by atoms with Crippen LogP contribution in [0.5, 0.6) is 0 Å². The maximum absolute atomic E-state index is 11.8. The molecule has 0 aliphatic carbocycles. The molecule has 9 heteroatoms. The molecule has 1 rings (SSSR count). The van der Waals surface area contributed by atoms with Crippen molar-refractivity contribution >= 4 is 59.2 Å². The van der Waals surface area contributed by atoms with Crippen LogP contribution < -0.4 is 4.72 Å². The Morgan fingerprint density at radius 1 is 1.59 bits per heavy atom. The summed E-state index contributed by atoms with van der Waals surface area (Å²) in [6.45, 7) is 3.53. The van der Waals surface area contributed by atoms with Crippen molar-refractivity contribution in [3.8, 4) is 0 Å². The Morgan fingerprint density at radius 3 is 2.59 bits per heavy atom. The first-order valence-electron chi connectivity index (χ1n) is 4.09. The molecular weight excluding hydrogens is 398 g/mol. The first kappa shape index (κ1) is 14.8. The molecule has 0 unspecified atom stereocenters. The summed E-state index contributed by atoms with van der Waals surface area (Å²) >= 11 is 6.90. The molecule has 0 amide bonds. The van der Waals surface area contributed by atoms with E-state index in [1.807, 2.05) is 0 Å². The maximum atomic E-state index is 11.8. The fourth-order valence-corrected chi connectivity index (χ4v) is 4.64. The second-order valence-electron chi connectivity index (χ2n) is 2.90. The molecule has 1 aromatic rings. The van der Waals surface area contributed by atoms with E-state index in [-0.39, 0.29) is 20.1 Å². The standard InChI is InChI=1S/C8H7Br2NO4S2/c1-4(9)3-11-17(14,15)6-2-5(8(12)13)16-7(6)10/h2,11H,1,3H2,(H,12,13). The summed E-state index contributed by atoms with van der Waals surface area (Å²) in [6, 6.07) is 1.11. The summed E-state index contributed by atoms with van der Waals surface area (Å²) in [7, 11) is -3.74. The van der Waals surface area contributed by atoms with E-state index in [1.165, 1.54) is 0 Å². The molecule has 0 radical (unpaired) electrons. The summed E-state index contributed by atoms with van der Waals surface area (Å²) in [4.78, 5) is 10.6. The molecule has 0 saturated carbocycles. The lowest BCUT2D eigenvalue weighted by atomic mass is 10.5. The van der Waals surface area contributed by atoms with Gasteiger partial charge >= 0.3 is 5.97 Å². The van der Waals surface area contributed by atoms with Gasteiger partial charge in [-0.1, -0.05) is 22.5 Å². The number of rotatable bonds is 5. The average Bonchev–Trinajstić information content (AvgIpc) is 2.58. The molecule has 94 valence electrons. The van der Waals surface area contributed by atoms with Gasteiger partial charge in [-0.15, -0.1) is 11.3 Å². The monoisotopic (exact) mass is 403 g/mol. The number of halogens is 2. The highest BCUT2D eigenvalue weighted by molar-refractivity contribution is 9.11. The van der Waals surface area contributed by atoms with E-state index < -0.39 is 16.0 Å². The third-order valence-corrected chi connectivity index (χ3v) is 5.53. The third-order valence-electron chi connectivity index (χ3n) is 1.61. The van der Waals surface area contributed by atoms with Crippen molar-refractivity contribution in [2.75, 3.05) is 6.54 Å². The minimum absolute atomic E-state index is 0.0347. The molecule has 17 heavy (non-hydrogen) atoms. The molecular formula is C8H7Br2NO4S2. The highest BCUT2D eigenvalue weighted by Gasteiger charge is 2.22. The first-order chi connectivity index (χ1) is 7.74. The van der Waals surface area contributed by atoms with Crippen LogP contribution in [0.4, 0.5) is 0 Å². The van der Waals surface area contributed by atoms with Gasteiger partial charge in [0.05, 0.1) is 3.79 Å². The first-order valence-corrected chi connectivity index (χ1v) is 7.98. The number of aromatic carboxylic acids is 1. The van der Waals surface area contributed by atoms with E-state index in [0.717, 1.165) is 17.4 Å². The van der Waals surface area contributed by atoms with Crippen molar-refractivity contribution in [3.63, 3.8) is 0 Å². The molecule has 0 spiro atoms. The van der Waals surface area contributed by atoms with Gasteiger partial charge in [-0.25, -0.2) is 17.9 Å². The molecule has 0 aromatic carbocycles. The van der Waals surface area contributed by atoms with Crippen LogP contribution in [0.25, 0.3) is 0 Å². The molecule has 0 aliphatic heterocycles. The van der Waals surface area contributed by atoms with Crippen LogP contribution in [0.1, 0.15) is 9.67 Å². The fourth-order valence-electron chi connectivity index (χ4n) is 0.892. The number of carbonyl (C=O) groups is 1. The van der Waals surface area contributed by atoms with Crippen molar-refractivity contribution in [2.45, 2.75) is 4.90 Å². The zero-order valence-electron chi connectivity index (χ0n) is 8.24. The SMILES string of the molecule is C=C(Br)CNS(=O)(=O)c1cc(C(=O)O)sc1Br. The van der Waals surface area contributed by atoms with Crippen molar-refractivity contribution in [3.05, 3.63) is 25.8 Å². The molecule has 1 aromatic heterocycles. The lowest BCUT2D eigenvalue weighted by Gasteiger charge is -2.03. The van der Waals surface area contributed by atoms with Gasteiger partial charge < -0.3 is 5.11 Å². The molecule has 0 aliphatic rings. The van der Waals surface area contributed by atoms with E-state index in [0.29, 0.717) is 4.48 Å². The molecule has 0 atom stereocenters. The van der Waals surface area contributed by atoms with Gasteiger partial charge in [-0.3, -0.25) is 0 Å². The largest absolute Gasteiger partial charge is 0.477 e. The highest BCUT2D eigenvalue weighted by atomic mass is 79.9. The zero-order chi connectivity index (χ0) is 13.2. The summed E-state index contributed by atoms with van der Waals surface area (Å²) in [5.41, 5.74) is 0.